The molecule has 0 fully saturated rings. The molecule has 1 aromatic carbocycles. The summed E-state index contributed by atoms with van der Waals surface area (Å²) in [5.41, 5.74) is 7.51. The van der Waals surface area contributed by atoms with Crippen LogP contribution in [-0.4, -0.2) is 6.04 Å². The second-order valence-corrected chi connectivity index (χ2v) is 4.58. The van der Waals surface area contributed by atoms with Crippen molar-refractivity contribution in [3.8, 4) is 0 Å². The first-order valence-corrected chi connectivity index (χ1v) is 5.41. The van der Waals surface area contributed by atoms with Gasteiger partial charge in [0.05, 0.1) is 0 Å². The Morgan fingerprint density at radius 1 is 1.14 bits per heavy atom. The van der Waals surface area contributed by atoms with Gasteiger partial charge in [0.1, 0.15) is 0 Å². The lowest BCUT2D eigenvalue weighted by Gasteiger charge is -2.27. The Kier molecular flexibility index (Phi) is 2.36. The largest absolute Gasteiger partial charge is 0.310 e. The highest BCUT2D eigenvalue weighted by Gasteiger charge is 2.18. The molecule has 1 aliphatic rings. The molecule has 1 atom stereocenters. The third-order valence-corrected chi connectivity index (χ3v) is 3.46. The van der Waals surface area contributed by atoms with Crippen LogP contribution >= 0.6 is 0 Å². The molecule has 1 N–H and O–H groups in total. The molecular weight excluding hydrogens is 170 g/mol. The molecule has 0 radical (unpaired) electrons. The van der Waals surface area contributed by atoms with E-state index in [2.05, 4.69) is 39.1 Å². The fourth-order valence-corrected chi connectivity index (χ4v) is 2.40. The molecule has 1 heterocycles. The van der Waals surface area contributed by atoms with Gasteiger partial charge in [0.25, 0.3) is 0 Å². The lowest BCUT2D eigenvalue weighted by Crippen LogP contribution is -2.34. The van der Waals surface area contributed by atoms with E-state index in [1.807, 2.05) is 0 Å². The van der Waals surface area contributed by atoms with Crippen molar-refractivity contribution in [2.24, 2.45) is 0 Å². The van der Waals surface area contributed by atoms with Crippen LogP contribution in [0.4, 0.5) is 0 Å². The van der Waals surface area contributed by atoms with E-state index in [1.54, 1.807) is 5.56 Å². The van der Waals surface area contributed by atoms with Crippen LogP contribution in [0.25, 0.3) is 0 Å². The van der Waals surface area contributed by atoms with Crippen LogP contribution in [0.5, 0.6) is 0 Å². The molecule has 1 nitrogen and oxygen atoms in total. The summed E-state index contributed by atoms with van der Waals surface area (Å²) in [7, 11) is 0. The van der Waals surface area contributed by atoms with E-state index in [4.69, 9.17) is 0 Å². The fraction of sp³-hybridized carbons (Fsp3) is 0.538. The third-order valence-electron chi connectivity index (χ3n) is 3.46. The molecule has 1 aromatic rings. The molecule has 1 unspecified atom stereocenters. The highest BCUT2D eigenvalue weighted by Crippen LogP contribution is 2.26. The maximum absolute atomic E-state index is 3.53. The zero-order valence-corrected chi connectivity index (χ0v) is 9.57. The van der Waals surface area contributed by atoms with Gasteiger partial charge in [0.2, 0.25) is 0 Å². The second kappa shape index (κ2) is 3.39. The highest BCUT2D eigenvalue weighted by atomic mass is 14.9. The molecular formula is C13H19N. The average Bonchev–Trinajstić information content (AvgIpc) is 2.14. The smallest absolute Gasteiger partial charge is 0.0213 e. The minimum Gasteiger partial charge on any atom is -0.310 e. The van der Waals surface area contributed by atoms with Crippen LogP contribution in [0.1, 0.15) is 34.7 Å². The Balaban J connectivity index is 2.57. The zero-order valence-electron chi connectivity index (χ0n) is 9.57. The molecule has 0 aromatic heterocycles. The van der Waals surface area contributed by atoms with Crippen molar-refractivity contribution in [1.29, 1.82) is 0 Å². The van der Waals surface area contributed by atoms with E-state index in [9.17, 15) is 0 Å². The van der Waals surface area contributed by atoms with E-state index in [-0.39, 0.29) is 0 Å². The van der Waals surface area contributed by atoms with Gasteiger partial charge in [-0.1, -0.05) is 6.07 Å². The van der Waals surface area contributed by atoms with Gasteiger partial charge in [-0.3, -0.25) is 0 Å². The molecule has 0 bridgehead atoms. The minimum atomic E-state index is 0.627. The predicted octanol–water partition coefficient (Wildman–Crippen LogP) is 2.65. The van der Waals surface area contributed by atoms with Crippen molar-refractivity contribution in [1.82, 2.24) is 5.32 Å². The second-order valence-electron chi connectivity index (χ2n) is 4.58. The summed E-state index contributed by atoms with van der Waals surface area (Å²) in [4.78, 5) is 0. The summed E-state index contributed by atoms with van der Waals surface area (Å²) in [6.07, 6.45) is 1.18. The standard InChI is InChI=1S/C13H19N/c1-8-5-9(2)13-7-14-10(3)6-12(13)11(8)4/h5,10,14H,6-7H2,1-4H3. The van der Waals surface area contributed by atoms with Crippen LogP contribution in [-0.2, 0) is 13.0 Å². The van der Waals surface area contributed by atoms with Gasteiger partial charge in [-0.2, -0.15) is 0 Å². The Labute approximate surface area is 86.5 Å². The summed E-state index contributed by atoms with van der Waals surface area (Å²) in [5, 5.41) is 3.53. The number of hydrogen-bond acceptors (Lipinski definition) is 1. The van der Waals surface area contributed by atoms with Crippen LogP contribution < -0.4 is 5.32 Å². The summed E-state index contributed by atoms with van der Waals surface area (Å²) in [6.45, 7) is 10.0. The zero-order chi connectivity index (χ0) is 10.3. The lowest BCUT2D eigenvalue weighted by atomic mass is 9.87. The molecule has 0 amide bonds. The SMILES string of the molecule is Cc1cc(C)c2c(c1C)CC(C)NC2. The van der Waals surface area contributed by atoms with Crippen molar-refractivity contribution in [3.05, 3.63) is 33.9 Å². The van der Waals surface area contributed by atoms with Crippen LogP contribution in [0, 0.1) is 20.8 Å². The highest BCUT2D eigenvalue weighted by molar-refractivity contribution is 5.46. The van der Waals surface area contributed by atoms with Gasteiger partial charge in [-0.15, -0.1) is 0 Å². The van der Waals surface area contributed by atoms with E-state index in [0.29, 0.717) is 6.04 Å². The number of aryl methyl sites for hydroxylation is 2. The number of nitrogens with one attached hydrogen (secondary N) is 1. The summed E-state index contributed by atoms with van der Waals surface area (Å²) in [6, 6.07) is 2.94. The molecule has 0 aliphatic carbocycles. The monoisotopic (exact) mass is 189 g/mol. The topological polar surface area (TPSA) is 12.0 Å². The Morgan fingerprint density at radius 3 is 2.57 bits per heavy atom. The van der Waals surface area contributed by atoms with Gasteiger partial charge < -0.3 is 5.32 Å². The van der Waals surface area contributed by atoms with Crippen LogP contribution in [0.15, 0.2) is 6.07 Å². The molecule has 1 heteroatoms. The van der Waals surface area contributed by atoms with Crippen molar-refractivity contribution in [3.63, 3.8) is 0 Å². The van der Waals surface area contributed by atoms with Gasteiger partial charge in [0.15, 0.2) is 0 Å². The van der Waals surface area contributed by atoms with Gasteiger partial charge >= 0.3 is 0 Å². The normalized spacial score (nSPS) is 20.7. The predicted molar refractivity (Wildman–Crippen MR) is 60.7 cm³/mol. The maximum Gasteiger partial charge on any atom is 0.0213 e. The maximum atomic E-state index is 3.53. The summed E-state index contributed by atoms with van der Waals surface area (Å²) >= 11 is 0. The number of fused-ring (bicyclic) bond motifs is 1. The van der Waals surface area contributed by atoms with Crippen molar-refractivity contribution in [2.75, 3.05) is 0 Å². The molecule has 2 rings (SSSR count). The van der Waals surface area contributed by atoms with E-state index in [1.165, 1.54) is 28.7 Å². The van der Waals surface area contributed by atoms with Crippen molar-refractivity contribution >= 4 is 0 Å². The first-order chi connectivity index (χ1) is 6.59. The number of benzene rings is 1. The summed E-state index contributed by atoms with van der Waals surface area (Å²) in [5.74, 6) is 0. The Morgan fingerprint density at radius 2 is 1.86 bits per heavy atom. The molecule has 14 heavy (non-hydrogen) atoms. The van der Waals surface area contributed by atoms with E-state index >= 15 is 0 Å². The quantitative estimate of drug-likeness (QED) is 0.661. The number of hydrogen-bond donors (Lipinski definition) is 1. The minimum absolute atomic E-state index is 0.627. The molecule has 0 saturated carbocycles. The average molecular weight is 189 g/mol. The van der Waals surface area contributed by atoms with Crippen molar-refractivity contribution in [2.45, 2.75) is 46.7 Å². The van der Waals surface area contributed by atoms with E-state index < -0.39 is 0 Å². The van der Waals surface area contributed by atoms with E-state index in [0.717, 1.165) is 6.54 Å². The summed E-state index contributed by atoms with van der Waals surface area (Å²) < 4.78 is 0. The van der Waals surface area contributed by atoms with Crippen LogP contribution in [0.3, 0.4) is 0 Å². The molecule has 1 aliphatic heterocycles. The fourth-order valence-electron chi connectivity index (χ4n) is 2.40. The first kappa shape index (κ1) is 9.72. The Hall–Kier alpha value is -0.820. The molecule has 0 saturated heterocycles. The number of rotatable bonds is 0. The Bertz CT molecular complexity index is 366. The van der Waals surface area contributed by atoms with Crippen molar-refractivity contribution < 1.29 is 0 Å². The van der Waals surface area contributed by atoms with Crippen LogP contribution in [0.2, 0.25) is 0 Å². The lowest BCUT2D eigenvalue weighted by molar-refractivity contribution is 0.510. The molecule has 76 valence electrons. The first-order valence-electron chi connectivity index (χ1n) is 5.41. The van der Waals surface area contributed by atoms with Gasteiger partial charge in [-0.25, -0.2) is 0 Å². The molecule has 0 spiro atoms. The van der Waals surface area contributed by atoms with Gasteiger partial charge in [-0.05, 0) is 61.9 Å². The van der Waals surface area contributed by atoms with Gasteiger partial charge in [0, 0.05) is 12.6 Å². The third kappa shape index (κ3) is 1.46.